The highest BCUT2D eigenvalue weighted by Gasteiger charge is 2.16. The second-order valence-electron chi connectivity index (χ2n) is 4.83. The molecule has 0 aromatic heterocycles. The Morgan fingerprint density at radius 1 is 0.950 bits per heavy atom. The number of halogens is 1. The Balaban J connectivity index is 2.38. The maximum atomic E-state index is 13.7. The van der Waals surface area contributed by atoms with E-state index in [1.165, 1.54) is 18.2 Å². The summed E-state index contributed by atoms with van der Waals surface area (Å²) in [5.41, 5.74) is 2.56. The van der Waals surface area contributed by atoms with Crippen LogP contribution < -0.4 is 4.72 Å². The van der Waals surface area contributed by atoms with Crippen molar-refractivity contribution >= 4 is 15.7 Å². The van der Waals surface area contributed by atoms with Gasteiger partial charge in [0.1, 0.15) is 5.82 Å². The van der Waals surface area contributed by atoms with Crippen molar-refractivity contribution in [2.24, 2.45) is 0 Å². The maximum Gasteiger partial charge on any atom is 0.261 e. The molecule has 2 aromatic rings. The average Bonchev–Trinajstić information content (AvgIpc) is 2.36. The topological polar surface area (TPSA) is 46.2 Å². The van der Waals surface area contributed by atoms with Crippen LogP contribution in [0.15, 0.2) is 41.3 Å². The molecule has 0 saturated heterocycles. The Morgan fingerprint density at radius 2 is 1.65 bits per heavy atom. The first-order chi connectivity index (χ1) is 9.29. The minimum atomic E-state index is -3.78. The van der Waals surface area contributed by atoms with Gasteiger partial charge in [0.2, 0.25) is 0 Å². The summed E-state index contributed by atoms with van der Waals surface area (Å²) in [6.07, 6.45) is 0. The van der Waals surface area contributed by atoms with Crippen molar-refractivity contribution in [3.8, 4) is 0 Å². The van der Waals surface area contributed by atoms with Gasteiger partial charge >= 0.3 is 0 Å². The SMILES string of the molecule is Cc1ccc(NS(=O)(=O)c2ccc(C)c(C)c2)c(F)c1. The molecule has 0 spiro atoms. The Hall–Kier alpha value is -1.88. The third kappa shape index (κ3) is 2.99. The Kier molecular flexibility index (Phi) is 3.81. The van der Waals surface area contributed by atoms with Crippen LogP contribution >= 0.6 is 0 Å². The van der Waals surface area contributed by atoms with Crippen molar-refractivity contribution in [3.63, 3.8) is 0 Å². The molecular formula is C15H16FNO2S. The Labute approximate surface area is 118 Å². The summed E-state index contributed by atoms with van der Waals surface area (Å²) >= 11 is 0. The zero-order valence-corrected chi connectivity index (χ0v) is 12.4. The maximum absolute atomic E-state index is 13.7. The number of sulfonamides is 1. The highest BCUT2D eigenvalue weighted by atomic mass is 32.2. The van der Waals surface area contributed by atoms with Crippen molar-refractivity contribution < 1.29 is 12.8 Å². The minimum absolute atomic E-state index is 0.0474. The third-order valence-electron chi connectivity index (χ3n) is 3.16. The Bertz CT molecular complexity index is 754. The molecule has 20 heavy (non-hydrogen) atoms. The first-order valence-electron chi connectivity index (χ1n) is 6.16. The van der Waals surface area contributed by atoms with Gasteiger partial charge in [-0.1, -0.05) is 12.1 Å². The molecule has 0 unspecified atom stereocenters. The number of hydrogen-bond donors (Lipinski definition) is 1. The molecule has 106 valence electrons. The minimum Gasteiger partial charge on any atom is -0.277 e. The standard InChI is InChI=1S/C15H16FNO2S/c1-10-4-7-15(14(16)8-10)17-20(18,19)13-6-5-11(2)12(3)9-13/h4-9,17H,1-3H3. The van der Waals surface area contributed by atoms with E-state index in [0.29, 0.717) is 0 Å². The summed E-state index contributed by atoms with van der Waals surface area (Å²) in [6, 6.07) is 9.18. The van der Waals surface area contributed by atoms with Gasteiger partial charge < -0.3 is 0 Å². The van der Waals surface area contributed by atoms with Gasteiger partial charge in [-0.3, -0.25) is 4.72 Å². The second-order valence-corrected chi connectivity index (χ2v) is 6.52. The van der Waals surface area contributed by atoms with Gasteiger partial charge in [-0.15, -0.1) is 0 Å². The molecular weight excluding hydrogens is 277 g/mol. The van der Waals surface area contributed by atoms with Crippen LogP contribution in [-0.4, -0.2) is 8.42 Å². The zero-order valence-electron chi connectivity index (χ0n) is 11.6. The molecule has 0 amide bonds. The van der Waals surface area contributed by atoms with Crippen molar-refractivity contribution in [1.82, 2.24) is 0 Å². The van der Waals surface area contributed by atoms with E-state index in [1.54, 1.807) is 25.1 Å². The molecule has 0 radical (unpaired) electrons. The molecule has 0 fully saturated rings. The van der Waals surface area contributed by atoms with Crippen LogP contribution in [0.5, 0.6) is 0 Å². The van der Waals surface area contributed by atoms with Crippen LogP contribution in [0.3, 0.4) is 0 Å². The summed E-state index contributed by atoms with van der Waals surface area (Å²) in [5.74, 6) is -0.586. The predicted octanol–water partition coefficient (Wildman–Crippen LogP) is 3.55. The molecule has 0 bridgehead atoms. The van der Waals surface area contributed by atoms with E-state index in [0.717, 1.165) is 16.7 Å². The average molecular weight is 293 g/mol. The van der Waals surface area contributed by atoms with Gasteiger partial charge in [0, 0.05) is 0 Å². The lowest BCUT2D eigenvalue weighted by Crippen LogP contribution is -2.14. The van der Waals surface area contributed by atoms with Crippen LogP contribution in [0.2, 0.25) is 0 Å². The van der Waals surface area contributed by atoms with Crippen LogP contribution in [0, 0.1) is 26.6 Å². The Morgan fingerprint density at radius 3 is 2.25 bits per heavy atom. The zero-order chi connectivity index (χ0) is 14.9. The number of benzene rings is 2. The molecule has 2 aromatic carbocycles. The monoisotopic (exact) mass is 293 g/mol. The summed E-state index contributed by atoms with van der Waals surface area (Å²) in [5, 5.41) is 0. The van der Waals surface area contributed by atoms with Crippen LogP contribution in [0.4, 0.5) is 10.1 Å². The van der Waals surface area contributed by atoms with E-state index in [4.69, 9.17) is 0 Å². The highest BCUT2D eigenvalue weighted by Crippen LogP contribution is 2.21. The largest absolute Gasteiger partial charge is 0.277 e. The summed E-state index contributed by atoms with van der Waals surface area (Å²) in [7, 11) is -3.78. The van der Waals surface area contributed by atoms with E-state index in [2.05, 4.69) is 4.72 Å². The molecule has 0 aliphatic carbocycles. The normalized spacial score (nSPS) is 11.4. The molecule has 1 N–H and O–H groups in total. The molecule has 5 heteroatoms. The number of rotatable bonds is 3. The molecule has 0 atom stereocenters. The smallest absolute Gasteiger partial charge is 0.261 e. The van der Waals surface area contributed by atoms with Gasteiger partial charge in [-0.2, -0.15) is 0 Å². The van der Waals surface area contributed by atoms with Crippen molar-refractivity contribution in [2.45, 2.75) is 25.7 Å². The van der Waals surface area contributed by atoms with E-state index in [-0.39, 0.29) is 10.6 Å². The lowest BCUT2D eigenvalue weighted by Gasteiger charge is -2.10. The van der Waals surface area contributed by atoms with E-state index in [9.17, 15) is 12.8 Å². The van der Waals surface area contributed by atoms with Gasteiger partial charge in [0.05, 0.1) is 10.6 Å². The van der Waals surface area contributed by atoms with Crippen molar-refractivity contribution in [2.75, 3.05) is 4.72 Å². The highest BCUT2D eigenvalue weighted by molar-refractivity contribution is 7.92. The molecule has 0 aliphatic heterocycles. The number of nitrogens with one attached hydrogen (secondary N) is 1. The van der Waals surface area contributed by atoms with Gasteiger partial charge in [0.25, 0.3) is 10.0 Å². The van der Waals surface area contributed by atoms with Gasteiger partial charge in [0.15, 0.2) is 0 Å². The number of anilines is 1. The lowest BCUT2D eigenvalue weighted by atomic mass is 10.1. The van der Waals surface area contributed by atoms with Crippen LogP contribution in [0.1, 0.15) is 16.7 Å². The lowest BCUT2D eigenvalue weighted by molar-refractivity contribution is 0.598. The molecule has 2 rings (SSSR count). The quantitative estimate of drug-likeness (QED) is 0.940. The fraction of sp³-hybridized carbons (Fsp3) is 0.200. The van der Waals surface area contributed by atoms with E-state index in [1.807, 2.05) is 13.8 Å². The number of hydrogen-bond acceptors (Lipinski definition) is 2. The predicted molar refractivity (Wildman–Crippen MR) is 77.9 cm³/mol. The molecule has 0 aliphatic rings. The second kappa shape index (κ2) is 5.25. The van der Waals surface area contributed by atoms with E-state index < -0.39 is 15.8 Å². The summed E-state index contributed by atoms with van der Waals surface area (Å²) in [6.45, 7) is 5.48. The third-order valence-corrected chi connectivity index (χ3v) is 4.52. The van der Waals surface area contributed by atoms with Crippen molar-refractivity contribution in [3.05, 3.63) is 58.9 Å². The van der Waals surface area contributed by atoms with E-state index >= 15 is 0 Å². The molecule has 3 nitrogen and oxygen atoms in total. The first kappa shape index (κ1) is 14.5. The molecule has 0 saturated carbocycles. The van der Waals surface area contributed by atoms with Gasteiger partial charge in [-0.25, -0.2) is 12.8 Å². The fourth-order valence-corrected chi connectivity index (χ4v) is 2.94. The molecule has 0 heterocycles. The van der Waals surface area contributed by atoms with Crippen LogP contribution in [-0.2, 0) is 10.0 Å². The fourth-order valence-electron chi connectivity index (χ4n) is 1.79. The summed E-state index contributed by atoms with van der Waals surface area (Å²) in [4.78, 5) is 0.126. The number of aryl methyl sites for hydroxylation is 3. The summed E-state index contributed by atoms with van der Waals surface area (Å²) < 4.78 is 40.4. The van der Waals surface area contributed by atoms with Gasteiger partial charge in [-0.05, 0) is 61.7 Å². The van der Waals surface area contributed by atoms with Crippen LogP contribution in [0.25, 0.3) is 0 Å². The van der Waals surface area contributed by atoms with Crippen molar-refractivity contribution in [1.29, 1.82) is 0 Å². The first-order valence-corrected chi connectivity index (χ1v) is 7.64.